The molecule has 0 aliphatic carbocycles. The summed E-state index contributed by atoms with van der Waals surface area (Å²) in [6.45, 7) is 3.63. The largest absolute Gasteiger partial charge is 0.459 e. The molecule has 6 heteroatoms. The van der Waals surface area contributed by atoms with Crippen LogP contribution >= 0.6 is 0 Å². The van der Waals surface area contributed by atoms with E-state index in [9.17, 15) is 9.59 Å². The summed E-state index contributed by atoms with van der Waals surface area (Å²) in [5, 5.41) is 0. The first-order valence-corrected chi connectivity index (χ1v) is 5.26. The Morgan fingerprint density at radius 2 is 2.00 bits per heavy atom. The second kappa shape index (κ2) is 6.76. The summed E-state index contributed by atoms with van der Waals surface area (Å²) < 4.78 is 14.5. The maximum atomic E-state index is 11.6. The van der Waals surface area contributed by atoms with Crippen LogP contribution in [0.15, 0.2) is 0 Å². The lowest BCUT2D eigenvalue weighted by atomic mass is 10.4. The van der Waals surface area contributed by atoms with Gasteiger partial charge in [0.1, 0.15) is 0 Å². The minimum Gasteiger partial charge on any atom is -0.459 e. The average Bonchev–Trinajstić information content (AvgIpc) is 2.36. The van der Waals surface area contributed by atoms with Crippen LogP contribution in [0, 0.1) is 11.8 Å². The standard InChI is InChI=1S/C11H15NO5/c1-9(3-4-10(13)15-2)17-11(14)12-5-7-16-8-6-12/h9H,5-8H2,1-2H3. The van der Waals surface area contributed by atoms with Crippen LogP contribution < -0.4 is 0 Å². The average molecular weight is 241 g/mol. The van der Waals surface area contributed by atoms with Crippen molar-refractivity contribution in [2.24, 2.45) is 0 Å². The molecule has 0 saturated carbocycles. The predicted octanol–water partition coefficient (Wildman–Crippen LogP) is 0.0201. The smallest absolute Gasteiger partial charge is 0.411 e. The first kappa shape index (κ1) is 13.3. The first-order valence-electron chi connectivity index (χ1n) is 5.26. The van der Waals surface area contributed by atoms with Crippen LogP contribution in [0.5, 0.6) is 0 Å². The van der Waals surface area contributed by atoms with Gasteiger partial charge in [0.25, 0.3) is 0 Å². The number of hydrogen-bond donors (Lipinski definition) is 0. The molecular formula is C11H15NO5. The lowest BCUT2D eigenvalue weighted by Gasteiger charge is -2.26. The molecule has 1 rings (SSSR count). The lowest BCUT2D eigenvalue weighted by Crippen LogP contribution is -2.41. The van der Waals surface area contributed by atoms with Gasteiger partial charge in [0, 0.05) is 19.0 Å². The van der Waals surface area contributed by atoms with Gasteiger partial charge in [-0.3, -0.25) is 0 Å². The van der Waals surface area contributed by atoms with Crippen LogP contribution in [0.25, 0.3) is 0 Å². The zero-order valence-electron chi connectivity index (χ0n) is 9.89. The minimum absolute atomic E-state index is 0.444. The van der Waals surface area contributed by atoms with E-state index in [0.717, 1.165) is 0 Å². The van der Waals surface area contributed by atoms with E-state index in [4.69, 9.17) is 9.47 Å². The van der Waals surface area contributed by atoms with Gasteiger partial charge in [-0.2, -0.15) is 0 Å². The number of nitrogens with zero attached hydrogens (tertiary/aromatic N) is 1. The maximum absolute atomic E-state index is 11.6. The van der Waals surface area contributed by atoms with Crippen molar-refractivity contribution in [2.75, 3.05) is 33.4 Å². The Morgan fingerprint density at radius 3 is 2.59 bits per heavy atom. The third-order valence-electron chi connectivity index (χ3n) is 2.11. The highest BCUT2D eigenvalue weighted by Crippen LogP contribution is 2.02. The SMILES string of the molecule is COC(=O)C#CC(C)OC(=O)N1CCOCC1. The summed E-state index contributed by atoms with van der Waals surface area (Å²) >= 11 is 0. The van der Waals surface area contributed by atoms with Gasteiger partial charge in [0.2, 0.25) is 0 Å². The molecule has 1 aliphatic heterocycles. The number of methoxy groups -OCH3 is 1. The molecule has 0 radical (unpaired) electrons. The van der Waals surface area contributed by atoms with Gasteiger partial charge < -0.3 is 19.1 Å². The van der Waals surface area contributed by atoms with Gasteiger partial charge in [-0.05, 0) is 12.8 Å². The molecule has 0 aromatic heterocycles. The maximum Gasteiger partial charge on any atom is 0.411 e. The van der Waals surface area contributed by atoms with Gasteiger partial charge in [-0.25, -0.2) is 9.59 Å². The Balaban J connectivity index is 2.38. The molecule has 0 bridgehead atoms. The van der Waals surface area contributed by atoms with E-state index in [1.54, 1.807) is 11.8 Å². The fourth-order valence-electron chi connectivity index (χ4n) is 1.21. The van der Waals surface area contributed by atoms with Gasteiger partial charge in [-0.1, -0.05) is 0 Å². The van der Waals surface area contributed by atoms with E-state index >= 15 is 0 Å². The molecular weight excluding hydrogens is 226 g/mol. The van der Waals surface area contributed by atoms with Gasteiger partial charge in [0.15, 0.2) is 6.10 Å². The lowest BCUT2D eigenvalue weighted by molar-refractivity contribution is -0.133. The second-order valence-electron chi connectivity index (χ2n) is 3.39. The summed E-state index contributed by atoms with van der Waals surface area (Å²) in [4.78, 5) is 23.9. The molecule has 17 heavy (non-hydrogen) atoms. The molecule has 0 aromatic carbocycles. The minimum atomic E-state index is -0.653. The third-order valence-corrected chi connectivity index (χ3v) is 2.11. The Kier molecular flexibility index (Phi) is 5.30. The molecule has 0 aromatic rings. The zero-order valence-corrected chi connectivity index (χ0v) is 9.89. The highest BCUT2D eigenvalue weighted by Gasteiger charge is 2.19. The molecule has 1 amide bonds. The van der Waals surface area contributed by atoms with E-state index in [0.29, 0.717) is 26.3 Å². The number of amides is 1. The Hall–Kier alpha value is -1.74. The summed E-state index contributed by atoms with van der Waals surface area (Å²) in [6.07, 6.45) is -1.09. The molecule has 1 atom stereocenters. The van der Waals surface area contributed by atoms with Crippen LogP contribution in [0.4, 0.5) is 4.79 Å². The summed E-state index contributed by atoms with van der Waals surface area (Å²) in [7, 11) is 1.24. The van der Waals surface area contributed by atoms with Crippen LogP contribution in [-0.4, -0.2) is 56.5 Å². The topological polar surface area (TPSA) is 65.1 Å². The highest BCUT2D eigenvalue weighted by atomic mass is 16.6. The van der Waals surface area contributed by atoms with Crippen LogP contribution in [0.3, 0.4) is 0 Å². The van der Waals surface area contributed by atoms with Gasteiger partial charge in [0.05, 0.1) is 20.3 Å². The van der Waals surface area contributed by atoms with Crippen molar-refractivity contribution >= 4 is 12.1 Å². The number of hydrogen-bond acceptors (Lipinski definition) is 5. The van der Waals surface area contributed by atoms with E-state index < -0.39 is 18.2 Å². The molecule has 1 aliphatic rings. The first-order chi connectivity index (χ1) is 8.13. The predicted molar refractivity (Wildman–Crippen MR) is 58.1 cm³/mol. The van der Waals surface area contributed by atoms with Crippen LogP contribution in [0.2, 0.25) is 0 Å². The molecule has 1 unspecified atom stereocenters. The number of carbonyl (C=O) groups is 2. The van der Waals surface area contributed by atoms with E-state index in [-0.39, 0.29) is 0 Å². The van der Waals surface area contributed by atoms with Crippen molar-refractivity contribution in [2.45, 2.75) is 13.0 Å². The van der Waals surface area contributed by atoms with E-state index in [1.165, 1.54) is 7.11 Å². The monoisotopic (exact) mass is 241 g/mol. The number of esters is 1. The fourth-order valence-corrected chi connectivity index (χ4v) is 1.21. The number of ether oxygens (including phenoxy) is 3. The van der Waals surface area contributed by atoms with Crippen LogP contribution in [0.1, 0.15) is 6.92 Å². The normalized spacial score (nSPS) is 16.5. The molecule has 0 N–H and O–H groups in total. The summed E-state index contributed by atoms with van der Waals surface area (Å²) in [5.74, 6) is 4.03. The summed E-state index contributed by atoms with van der Waals surface area (Å²) in [5.41, 5.74) is 0. The van der Waals surface area contributed by atoms with Crippen molar-refractivity contribution in [3.63, 3.8) is 0 Å². The van der Waals surface area contributed by atoms with Crippen molar-refractivity contribution in [3.8, 4) is 11.8 Å². The van der Waals surface area contributed by atoms with Gasteiger partial charge >= 0.3 is 12.1 Å². The molecule has 94 valence electrons. The quantitative estimate of drug-likeness (QED) is 0.368. The molecule has 0 spiro atoms. The fraction of sp³-hybridized carbons (Fsp3) is 0.636. The Morgan fingerprint density at radius 1 is 1.35 bits per heavy atom. The highest BCUT2D eigenvalue weighted by molar-refractivity contribution is 5.88. The van der Waals surface area contributed by atoms with Crippen LogP contribution in [-0.2, 0) is 19.0 Å². The molecule has 1 fully saturated rings. The number of rotatable bonds is 1. The van der Waals surface area contributed by atoms with E-state index in [1.807, 2.05) is 0 Å². The molecule has 6 nitrogen and oxygen atoms in total. The molecule has 1 saturated heterocycles. The van der Waals surface area contributed by atoms with Gasteiger partial charge in [-0.15, -0.1) is 0 Å². The molecule has 1 heterocycles. The van der Waals surface area contributed by atoms with Crippen molar-refractivity contribution in [3.05, 3.63) is 0 Å². The van der Waals surface area contributed by atoms with Crippen molar-refractivity contribution in [1.82, 2.24) is 4.90 Å². The van der Waals surface area contributed by atoms with Crippen molar-refractivity contribution in [1.29, 1.82) is 0 Å². The number of carbonyl (C=O) groups excluding carboxylic acids is 2. The summed E-state index contributed by atoms with van der Waals surface area (Å²) in [6, 6.07) is 0. The zero-order chi connectivity index (χ0) is 12.7. The Labute approximate surface area is 99.8 Å². The second-order valence-corrected chi connectivity index (χ2v) is 3.39. The number of morpholine rings is 1. The Bertz CT molecular complexity index is 338. The van der Waals surface area contributed by atoms with Crippen molar-refractivity contribution < 1.29 is 23.8 Å². The van der Waals surface area contributed by atoms with E-state index in [2.05, 4.69) is 16.6 Å². The third kappa shape index (κ3) is 4.74.